The highest BCUT2D eigenvalue weighted by molar-refractivity contribution is 6.26. The minimum absolute atomic E-state index is 0.000108. The fraction of sp³-hybridized carbons (Fsp3) is 0.356. The number of carbonyl (C=O) groups is 14. The number of halogens is 1. The van der Waals surface area contributed by atoms with Crippen LogP contribution in [0.2, 0.25) is 0 Å². The molecule has 2 unspecified atom stereocenters. The van der Waals surface area contributed by atoms with Gasteiger partial charge in [0.2, 0.25) is 35.4 Å². The second-order valence-corrected chi connectivity index (χ2v) is 29.0. The molecule has 4 saturated heterocycles. The highest BCUT2D eigenvalue weighted by Crippen LogP contribution is 2.40. The van der Waals surface area contributed by atoms with Crippen LogP contribution in [0, 0.1) is 0 Å². The maximum atomic E-state index is 13.2. The van der Waals surface area contributed by atoms with Crippen molar-refractivity contribution in [2.24, 2.45) is 17.2 Å². The van der Waals surface area contributed by atoms with Crippen LogP contribution in [0.3, 0.4) is 0 Å². The number of carboxylic acids is 1. The van der Waals surface area contributed by atoms with E-state index in [2.05, 4.69) is 60.8 Å². The van der Waals surface area contributed by atoms with Gasteiger partial charge in [0.15, 0.2) is 13.2 Å². The Balaban J connectivity index is 0.000000197. The molecule has 0 saturated carbocycles. The summed E-state index contributed by atoms with van der Waals surface area (Å²) in [6.07, 6.45) is 7.04. The summed E-state index contributed by atoms with van der Waals surface area (Å²) in [6, 6.07) is 37.9. The fourth-order valence-electron chi connectivity index (χ4n) is 15.0. The van der Waals surface area contributed by atoms with Gasteiger partial charge >= 0.3 is 5.97 Å². The number of aromatic nitrogens is 2. The predicted octanol–water partition coefficient (Wildman–Crippen LogP) is 6.11. The van der Waals surface area contributed by atoms with Crippen LogP contribution in [0.25, 0.3) is 21.8 Å². The van der Waals surface area contributed by atoms with Crippen molar-refractivity contribution in [1.82, 2.24) is 45.5 Å². The van der Waals surface area contributed by atoms with E-state index in [0.29, 0.717) is 94.0 Å². The Morgan fingerprint density at radius 3 is 1.32 bits per heavy atom. The summed E-state index contributed by atoms with van der Waals surface area (Å²) in [5.74, 6) is -7.33. The van der Waals surface area contributed by atoms with E-state index >= 15 is 0 Å². The van der Waals surface area contributed by atoms with Gasteiger partial charge in [0, 0.05) is 86.7 Å². The van der Waals surface area contributed by atoms with Crippen molar-refractivity contribution < 1.29 is 106 Å². The van der Waals surface area contributed by atoms with E-state index in [4.69, 9.17) is 52.1 Å². The zero-order valence-corrected chi connectivity index (χ0v) is 67.2. The third-order valence-electron chi connectivity index (χ3n) is 21.1. The van der Waals surface area contributed by atoms with Crippen LogP contribution in [0.1, 0.15) is 151 Å². The first kappa shape index (κ1) is 88.7. The molecule has 646 valence electrons. The number of fused-ring (bicyclic) bond motifs is 4. The van der Waals surface area contributed by atoms with Gasteiger partial charge in [-0.1, -0.05) is 60.7 Å². The number of anilines is 4. The number of imide groups is 4. The van der Waals surface area contributed by atoms with E-state index in [9.17, 15) is 71.5 Å². The summed E-state index contributed by atoms with van der Waals surface area (Å²) in [7, 11) is -1.00. The van der Waals surface area contributed by atoms with Gasteiger partial charge in [-0.15, -0.1) is 0 Å². The Morgan fingerprint density at radius 2 is 0.919 bits per heavy atom. The normalized spacial score (nSPS) is 16.5. The first-order chi connectivity index (χ1) is 60.0. The van der Waals surface area contributed by atoms with Gasteiger partial charge in [0.05, 0.1) is 130 Å². The summed E-state index contributed by atoms with van der Waals surface area (Å²) in [4.78, 5) is 186. The van der Waals surface area contributed by atoms with E-state index in [1.807, 2.05) is 82.6 Å². The molecule has 0 spiro atoms. The Kier molecular flexibility index (Phi) is 31.5. The molecule has 36 heteroatoms. The van der Waals surface area contributed by atoms with Crippen molar-refractivity contribution >= 4 is 127 Å². The van der Waals surface area contributed by atoms with Crippen molar-refractivity contribution in [3.8, 4) is 11.5 Å². The highest BCUT2D eigenvalue weighted by Gasteiger charge is 2.48. The second-order valence-electron chi connectivity index (χ2n) is 29.0. The maximum absolute atomic E-state index is 13.2. The van der Waals surface area contributed by atoms with Gasteiger partial charge in [-0.05, 0) is 134 Å². The molecule has 8 aromatic rings. The number of nitrogens with zero attached hydrogens (tertiary/aromatic N) is 6. The molecule has 4 fully saturated rings. The lowest BCUT2D eigenvalue weighted by atomic mass is 9.88. The average molecular weight is 1690 g/mol. The van der Waals surface area contributed by atoms with E-state index in [0.717, 1.165) is 74.2 Å². The lowest BCUT2D eigenvalue weighted by Crippen LogP contribution is -2.54. The number of ether oxygens (including phenoxy) is 6. The van der Waals surface area contributed by atoms with Gasteiger partial charge in [-0.3, -0.25) is 97.1 Å². The number of likely N-dealkylation sites (tertiary alicyclic amines) is 2. The number of para-hydroxylation sites is 2. The topological polar surface area (TPSA) is 492 Å². The molecule has 123 heavy (non-hydrogen) atoms. The highest BCUT2D eigenvalue weighted by atomic mass is 19.1. The molecule has 8 heterocycles. The molecule has 13 amide bonds. The molecule has 0 radical (unpaired) electrons. The van der Waals surface area contributed by atoms with Crippen molar-refractivity contribution in [2.75, 3.05) is 123 Å². The van der Waals surface area contributed by atoms with Crippen LogP contribution in [0.5, 0.6) is 11.5 Å². The Bertz CT molecular complexity index is 5290. The summed E-state index contributed by atoms with van der Waals surface area (Å²) >= 11 is 0. The molecule has 35 nitrogen and oxygen atoms in total. The van der Waals surface area contributed by atoms with Gasteiger partial charge in [-0.25, -0.2) is 4.79 Å². The molecule has 2 aromatic heterocycles. The molecule has 6 aliphatic heterocycles. The first-order valence-electron chi connectivity index (χ1n) is 40.6. The van der Waals surface area contributed by atoms with E-state index in [-0.39, 0.29) is 117 Å². The van der Waals surface area contributed by atoms with Gasteiger partial charge in [-0.2, -0.15) is 0 Å². The van der Waals surface area contributed by atoms with Crippen molar-refractivity contribution in [3.05, 3.63) is 190 Å². The Hall–Kier alpha value is -13.6. The van der Waals surface area contributed by atoms with Crippen LogP contribution in [-0.2, 0) is 57.3 Å². The molecule has 14 rings (SSSR count). The monoisotopic (exact) mass is 1690 g/mol. The number of hydrogen-bond acceptors (Lipinski definition) is 25. The molecule has 6 aromatic carbocycles. The standard InChI is InChI=1S/C43H45N7O10.C28H35N5O4.C15H12N2O7.CH3F/c44-40(54)31-24-46-32-10-9-27(23-30(32)39(31)47-28-5-2-1-3-6-28)26-13-17-49(18-14-26)37(53)15-19-58-21-22-59-20-16-45-36(52)25-60-34-8-4-7-29-38(34)43(57)50(42(29)56)33-11-12-35(51)48-41(33)55;29-11-15-37-17-16-36-14-10-26(34)33-12-8-20(9-13-33)21-6-7-25-23(18-21)27(24(19-31-25)28(30)35)32-22-4-2-1-3-5-22;18-10-5-4-8(13(21)16-10)17-14(22)7-2-1-3-9(12(7)15(17)23)24-6-11(19)20;1-2/h1-10,23-24,26,33H,11-22,25H2,(H2,44,54)(H,45,52)(H,46,47)(H,48,51,55);1-7,18-20H,8-17,29H2,(H2,30,35)(H,31,32);1-3,8H,4-6H2,(H,19,20)(H,16,18,21);1H3/i;;;1D. The summed E-state index contributed by atoms with van der Waals surface area (Å²) in [6.45, 7) is 5.03. The molecular formula is C87H95FN14O21. The molecular weight excluding hydrogens is 1600 g/mol. The minimum Gasteiger partial charge on any atom is -0.483 e. The zero-order valence-electron chi connectivity index (χ0n) is 68.2. The molecule has 0 aliphatic carbocycles. The lowest BCUT2D eigenvalue weighted by molar-refractivity contribution is -0.139. The van der Waals surface area contributed by atoms with Crippen LogP contribution in [0.4, 0.5) is 27.1 Å². The smallest absolute Gasteiger partial charge is 0.341 e. The number of pyridine rings is 2. The summed E-state index contributed by atoms with van der Waals surface area (Å²) < 4.78 is 48.0. The molecule has 0 bridgehead atoms. The van der Waals surface area contributed by atoms with E-state index < -0.39 is 103 Å². The quantitative estimate of drug-likeness (QED) is 0.0165. The predicted molar refractivity (Wildman–Crippen MR) is 444 cm³/mol. The van der Waals surface area contributed by atoms with Crippen LogP contribution < -0.4 is 53.3 Å². The van der Waals surface area contributed by atoms with Crippen LogP contribution in [0.15, 0.2) is 146 Å². The average Bonchev–Trinajstić information content (AvgIpc) is 1.57. The first-order valence-corrected chi connectivity index (χ1v) is 39.9. The summed E-state index contributed by atoms with van der Waals surface area (Å²) in [5, 5.41) is 24.0. The number of piperidine rings is 4. The zero-order chi connectivity index (χ0) is 88.3. The maximum Gasteiger partial charge on any atom is 0.341 e. The van der Waals surface area contributed by atoms with E-state index in [1.165, 1.54) is 54.4 Å². The Morgan fingerprint density at radius 1 is 0.512 bits per heavy atom. The number of amides is 13. The second kappa shape index (κ2) is 43.6. The minimum atomic E-state index is -1.23. The van der Waals surface area contributed by atoms with Gasteiger partial charge in [0.25, 0.3) is 41.4 Å². The Labute approximate surface area is 706 Å². The van der Waals surface area contributed by atoms with Crippen molar-refractivity contribution in [2.45, 2.75) is 88.1 Å². The SMILES string of the molecule is NC(=O)c1cnc2ccc(C3CCN(C(=O)CCOCCOCCNC(=O)COc4cccc5c4C(=O)N(C4CCC(=O)NC4=O)C5=O)CC3)cc2c1Nc1ccccc1.NCCOCCOCCC(=O)N1CCC(c2ccc3ncc(C(N)=O)c(Nc4ccccc4)c3c2)CC1.O=C(O)COc1cccc2c1C(=O)N(C1CCC(=O)NC1=O)C2=O.[2H]CF. The number of nitrogens with one attached hydrogen (secondary N) is 5. The van der Waals surface area contributed by atoms with Crippen molar-refractivity contribution in [3.63, 3.8) is 0 Å². The lowest BCUT2D eigenvalue weighted by Gasteiger charge is -2.32. The largest absolute Gasteiger partial charge is 0.483 e. The number of primary amides is 2. The summed E-state index contributed by atoms with van der Waals surface area (Å²) in [5.41, 5.74) is 24.2. The third-order valence-corrected chi connectivity index (χ3v) is 21.1. The van der Waals surface area contributed by atoms with Crippen LogP contribution >= 0.6 is 0 Å². The van der Waals surface area contributed by atoms with Crippen LogP contribution in [-0.4, -0.2) is 242 Å². The third kappa shape index (κ3) is 22.9. The molecule has 6 aliphatic rings. The van der Waals surface area contributed by atoms with Crippen molar-refractivity contribution in [1.29, 1.82) is 0 Å². The number of carboxylic acid groups (broad SMARTS) is 1. The molecule has 2 atom stereocenters. The van der Waals surface area contributed by atoms with Gasteiger partial charge in [0.1, 0.15) is 23.6 Å². The molecule has 12 N–H and O–H groups in total. The number of hydrogen-bond donors (Lipinski definition) is 9. The number of alkyl halides is 1. The van der Waals surface area contributed by atoms with E-state index in [1.54, 1.807) is 0 Å². The van der Waals surface area contributed by atoms with Gasteiger partial charge < -0.3 is 76.5 Å². The number of benzene rings is 6. The number of aliphatic carboxylic acids is 1. The number of carbonyl (C=O) groups excluding carboxylic acids is 13. The number of nitrogens with two attached hydrogens (primary N) is 3. The number of rotatable bonds is 33. The fourth-order valence-corrected chi connectivity index (χ4v) is 15.0.